The molecule has 0 fully saturated rings. The number of nitrogens with two attached hydrogens (primary N) is 1. The number of anilines is 2. The number of sulfonamides is 1. The number of hydrogen-bond acceptors (Lipinski definition) is 4. The van der Waals surface area contributed by atoms with Crippen molar-refractivity contribution in [3.63, 3.8) is 0 Å². The van der Waals surface area contributed by atoms with E-state index in [2.05, 4.69) is 9.82 Å². The molecule has 0 atom stereocenters. The first-order valence-electron chi connectivity index (χ1n) is 5.63. The Morgan fingerprint density at radius 2 is 2.20 bits per heavy atom. The lowest BCUT2D eigenvalue weighted by atomic mass is 10.3. The van der Waals surface area contributed by atoms with Crippen LogP contribution < -0.4 is 10.5 Å². The average molecular weight is 319 g/mol. The van der Waals surface area contributed by atoms with E-state index >= 15 is 0 Å². The second kappa shape index (κ2) is 5.29. The monoisotopic (exact) mass is 318 g/mol. The SMILES string of the molecule is CCn1cc(NS(=O)(=O)c2cc(N)cc(Cl)c2F)cn1. The molecule has 9 heteroatoms. The molecule has 0 saturated carbocycles. The van der Waals surface area contributed by atoms with Gasteiger partial charge in [0.05, 0.1) is 16.9 Å². The molecule has 0 aliphatic heterocycles. The van der Waals surface area contributed by atoms with E-state index in [0.717, 1.165) is 12.1 Å². The summed E-state index contributed by atoms with van der Waals surface area (Å²) in [4.78, 5) is -0.605. The number of benzene rings is 1. The van der Waals surface area contributed by atoms with Crippen molar-refractivity contribution in [3.05, 3.63) is 35.4 Å². The van der Waals surface area contributed by atoms with Crippen LogP contribution in [0.15, 0.2) is 29.4 Å². The van der Waals surface area contributed by atoms with Crippen molar-refractivity contribution in [2.75, 3.05) is 10.5 Å². The van der Waals surface area contributed by atoms with Crippen LogP contribution in [0.2, 0.25) is 5.02 Å². The Morgan fingerprint density at radius 1 is 1.50 bits per heavy atom. The van der Waals surface area contributed by atoms with Gasteiger partial charge in [-0.2, -0.15) is 5.10 Å². The first-order chi connectivity index (χ1) is 9.33. The fraction of sp³-hybridized carbons (Fsp3) is 0.182. The van der Waals surface area contributed by atoms with E-state index in [9.17, 15) is 12.8 Å². The van der Waals surface area contributed by atoms with Crippen LogP contribution in [-0.4, -0.2) is 18.2 Å². The smallest absolute Gasteiger partial charge is 0.265 e. The maximum Gasteiger partial charge on any atom is 0.265 e. The molecule has 6 nitrogen and oxygen atoms in total. The summed E-state index contributed by atoms with van der Waals surface area (Å²) in [5.74, 6) is -1.05. The zero-order valence-electron chi connectivity index (χ0n) is 10.5. The molecular formula is C11H12ClFN4O2S. The van der Waals surface area contributed by atoms with E-state index in [0.29, 0.717) is 6.54 Å². The Hall–Kier alpha value is -1.80. The van der Waals surface area contributed by atoms with E-state index in [1.54, 1.807) is 0 Å². The molecule has 1 aromatic heterocycles. The number of aryl methyl sites for hydroxylation is 1. The maximum absolute atomic E-state index is 13.8. The number of hydrogen-bond donors (Lipinski definition) is 2. The molecule has 2 rings (SSSR count). The van der Waals surface area contributed by atoms with E-state index in [1.807, 2.05) is 6.92 Å². The highest BCUT2D eigenvalue weighted by Gasteiger charge is 2.22. The Morgan fingerprint density at radius 3 is 2.80 bits per heavy atom. The van der Waals surface area contributed by atoms with Gasteiger partial charge in [0.1, 0.15) is 4.90 Å². The summed E-state index contributed by atoms with van der Waals surface area (Å²) in [6.07, 6.45) is 2.82. The average Bonchev–Trinajstić information content (AvgIpc) is 2.80. The summed E-state index contributed by atoms with van der Waals surface area (Å²) in [7, 11) is -4.13. The van der Waals surface area contributed by atoms with E-state index in [4.69, 9.17) is 17.3 Å². The van der Waals surface area contributed by atoms with Crippen LogP contribution in [0.25, 0.3) is 0 Å². The van der Waals surface area contributed by atoms with Crippen LogP contribution in [0.1, 0.15) is 6.92 Å². The molecular weight excluding hydrogens is 307 g/mol. The van der Waals surface area contributed by atoms with Crippen LogP contribution in [0.4, 0.5) is 15.8 Å². The van der Waals surface area contributed by atoms with Gasteiger partial charge in [-0.1, -0.05) is 11.6 Å². The minimum atomic E-state index is -4.13. The van der Waals surface area contributed by atoms with Crippen molar-refractivity contribution in [3.8, 4) is 0 Å². The fourth-order valence-corrected chi connectivity index (χ4v) is 3.03. The topological polar surface area (TPSA) is 90.0 Å². The lowest BCUT2D eigenvalue weighted by Gasteiger charge is -2.08. The summed E-state index contributed by atoms with van der Waals surface area (Å²) >= 11 is 5.59. The van der Waals surface area contributed by atoms with Gasteiger partial charge in [0.25, 0.3) is 10.0 Å². The summed E-state index contributed by atoms with van der Waals surface area (Å²) in [5, 5.41) is 3.56. The molecule has 1 aromatic carbocycles. The lowest BCUT2D eigenvalue weighted by molar-refractivity contribution is 0.571. The molecule has 2 aromatic rings. The minimum Gasteiger partial charge on any atom is -0.399 e. The summed E-state index contributed by atoms with van der Waals surface area (Å²) in [6.45, 7) is 2.43. The third-order valence-corrected chi connectivity index (χ3v) is 4.17. The first-order valence-corrected chi connectivity index (χ1v) is 7.49. The number of nitrogens with zero attached hydrogens (tertiary/aromatic N) is 2. The second-order valence-electron chi connectivity index (χ2n) is 4.01. The Bertz CT molecular complexity index is 745. The molecule has 0 aliphatic carbocycles. The highest BCUT2D eigenvalue weighted by atomic mass is 35.5. The molecule has 0 bridgehead atoms. The molecule has 3 N–H and O–H groups in total. The Balaban J connectivity index is 2.40. The van der Waals surface area contributed by atoms with E-state index in [1.165, 1.54) is 17.1 Å². The molecule has 0 radical (unpaired) electrons. The maximum atomic E-state index is 13.8. The summed E-state index contributed by atoms with van der Waals surface area (Å²) in [5.41, 5.74) is 5.77. The lowest BCUT2D eigenvalue weighted by Crippen LogP contribution is -2.15. The highest BCUT2D eigenvalue weighted by molar-refractivity contribution is 7.92. The third kappa shape index (κ3) is 2.86. The van der Waals surface area contributed by atoms with Crippen molar-refractivity contribution in [2.24, 2.45) is 0 Å². The van der Waals surface area contributed by atoms with Gasteiger partial charge in [0.2, 0.25) is 0 Å². The molecule has 1 heterocycles. The number of nitrogens with one attached hydrogen (secondary N) is 1. The van der Waals surface area contributed by atoms with Gasteiger partial charge in [-0.25, -0.2) is 12.8 Å². The zero-order valence-corrected chi connectivity index (χ0v) is 12.0. The summed E-state index contributed by atoms with van der Waals surface area (Å²) < 4.78 is 41.8. The molecule has 0 amide bonds. The van der Waals surface area contributed by atoms with Gasteiger partial charge in [-0.15, -0.1) is 0 Å². The Kier molecular flexibility index (Phi) is 3.87. The Labute approximate surface area is 120 Å². The second-order valence-corrected chi connectivity index (χ2v) is 6.06. The molecule has 0 unspecified atom stereocenters. The van der Waals surface area contributed by atoms with Crippen molar-refractivity contribution in [2.45, 2.75) is 18.4 Å². The van der Waals surface area contributed by atoms with E-state index in [-0.39, 0.29) is 16.4 Å². The van der Waals surface area contributed by atoms with Crippen LogP contribution in [0.3, 0.4) is 0 Å². The first kappa shape index (κ1) is 14.6. The van der Waals surface area contributed by atoms with Crippen LogP contribution in [0.5, 0.6) is 0 Å². The van der Waals surface area contributed by atoms with Gasteiger partial charge in [0.15, 0.2) is 5.82 Å². The number of nitrogen functional groups attached to an aromatic ring is 1. The van der Waals surface area contributed by atoms with Crippen LogP contribution in [0, 0.1) is 5.82 Å². The predicted molar refractivity (Wildman–Crippen MR) is 74.5 cm³/mol. The highest BCUT2D eigenvalue weighted by Crippen LogP contribution is 2.27. The van der Waals surface area contributed by atoms with Crippen molar-refractivity contribution in [1.82, 2.24) is 9.78 Å². The van der Waals surface area contributed by atoms with Gasteiger partial charge in [-0.05, 0) is 19.1 Å². The molecule has 0 saturated heterocycles. The van der Waals surface area contributed by atoms with Gasteiger partial charge < -0.3 is 5.73 Å². The summed E-state index contributed by atoms with van der Waals surface area (Å²) in [6, 6.07) is 2.15. The van der Waals surface area contributed by atoms with Gasteiger partial charge >= 0.3 is 0 Å². The zero-order chi connectivity index (χ0) is 14.9. The van der Waals surface area contributed by atoms with Gasteiger partial charge in [0, 0.05) is 18.4 Å². The van der Waals surface area contributed by atoms with Crippen LogP contribution in [-0.2, 0) is 16.6 Å². The third-order valence-electron chi connectivity index (χ3n) is 2.52. The van der Waals surface area contributed by atoms with Gasteiger partial charge in [-0.3, -0.25) is 9.40 Å². The quantitative estimate of drug-likeness (QED) is 0.844. The van der Waals surface area contributed by atoms with Crippen molar-refractivity contribution >= 4 is 33.0 Å². The molecule has 0 aliphatic rings. The molecule has 108 valence electrons. The van der Waals surface area contributed by atoms with Crippen molar-refractivity contribution < 1.29 is 12.8 Å². The largest absolute Gasteiger partial charge is 0.399 e. The van der Waals surface area contributed by atoms with Crippen molar-refractivity contribution in [1.29, 1.82) is 0 Å². The molecule has 20 heavy (non-hydrogen) atoms. The number of aromatic nitrogens is 2. The standard InChI is InChI=1S/C11H12ClFN4O2S/c1-2-17-6-8(5-15-17)16-20(18,19)10-4-7(14)3-9(12)11(10)13/h3-6,16H,2,14H2,1H3. The number of rotatable bonds is 4. The number of halogens is 2. The fourth-order valence-electron chi connectivity index (χ4n) is 1.58. The predicted octanol–water partition coefficient (Wildman–Crippen LogP) is 2.08. The molecule has 0 spiro atoms. The minimum absolute atomic E-state index is 0.0565. The normalized spacial score (nSPS) is 11.6. The van der Waals surface area contributed by atoms with Crippen LogP contribution >= 0.6 is 11.6 Å². The van der Waals surface area contributed by atoms with E-state index < -0.39 is 20.7 Å².